The molecule has 1 N–H and O–H groups in total. The summed E-state index contributed by atoms with van der Waals surface area (Å²) in [7, 11) is 0. The largest absolute Gasteiger partial charge is 0.316 e. The summed E-state index contributed by atoms with van der Waals surface area (Å²) in [4.78, 5) is 0. The summed E-state index contributed by atoms with van der Waals surface area (Å²) in [5.74, 6) is 1.44. The lowest BCUT2D eigenvalue weighted by Crippen LogP contribution is -2.24. The van der Waals surface area contributed by atoms with Crippen LogP contribution in [0, 0.1) is 5.92 Å². The van der Waals surface area contributed by atoms with E-state index in [9.17, 15) is 0 Å². The van der Waals surface area contributed by atoms with Crippen molar-refractivity contribution < 1.29 is 0 Å². The Labute approximate surface area is 91.5 Å². The van der Waals surface area contributed by atoms with Crippen molar-refractivity contribution in [1.29, 1.82) is 0 Å². The highest BCUT2D eigenvalue weighted by Crippen LogP contribution is 2.17. The molecule has 2 heteroatoms. The minimum atomic E-state index is 0.644. The number of rotatable bonds is 6. The van der Waals surface area contributed by atoms with E-state index in [1.807, 2.05) is 0 Å². The van der Waals surface area contributed by atoms with Gasteiger partial charge in [-0.3, -0.25) is 0 Å². The highest BCUT2D eigenvalue weighted by atomic mass is 32.1. The molecule has 0 spiro atoms. The molecular weight excluding hydrogens is 190 g/mol. The van der Waals surface area contributed by atoms with E-state index in [4.69, 9.17) is 0 Å². The highest BCUT2D eigenvalue weighted by Gasteiger charge is 2.05. The van der Waals surface area contributed by atoms with Crippen LogP contribution >= 0.6 is 11.3 Å². The second-order valence-corrected chi connectivity index (χ2v) is 4.91. The second kappa shape index (κ2) is 6.20. The number of hydrogen-bond acceptors (Lipinski definition) is 2. The van der Waals surface area contributed by atoms with Gasteiger partial charge in [0.1, 0.15) is 0 Å². The molecule has 0 aliphatic rings. The molecule has 1 nitrogen and oxygen atoms in total. The number of nitrogens with one attached hydrogen (secondary N) is 1. The van der Waals surface area contributed by atoms with Crippen molar-refractivity contribution in [3.05, 3.63) is 22.4 Å². The van der Waals surface area contributed by atoms with Crippen molar-refractivity contribution in [1.82, 2.24) is 5.32 Å². The van der Waals surface area contributed by atoms with Crippen LogP contribution in [0.4, 0.5) is 0 Å². The molecule has 0 amide bonds. The van der Waals surface area contributed by atoms with Crippen LogP contribution in [0.15, 0.2) is 16.8 Å². The third-order valence-electron chi connectivity index (χ3n) is 2.75. The lowest BCUT2D eigenvalue weighted by Gasteiger charge is -2.14. The van der Waals surface area contributed by atoms with Gasteiger partial charge in [0, 0.05) is 6.54 Å². The zero-order valence-electron chi connectivity index (χ0n) is 9.42. The van der Waals surface area contributed by atoms with E-state index < -0.39 is 0 Å². The predicted octanol–water partition coefficient (Wildman–Crippen LogP) is 3.49. The van der Waals surface area contributed by atoms with Crippen LogP contribution in [-0.2, 0) is 0 Å². The van der Waals surface area contributed by atoms with E-state index in [2.05, 4.69) is 42.9 Å². The molecule has 1 rings (SSSR count). The van der Waals surface area contributed by atoms with Crippen molar-refractivity contribution in [2.75, 3.05) is 13.1 Å². The summed E-state index contributed by atoms with van der Waals surface area (Å²) in [6, 6.07) is 2.22. The van der Waals surface area contributed by atoms with Crippen molar-refractivity contribution >= 4 is 11.3 Å². The van der Waals surface area contributed by atoms with Crippen molar-refractivity contribution in [2.45, 2.75) is 33.1 Å². The standard InChI is InChI=1S/C12H21NS/c1-4-10(2)7-13-8-11(3)12-5-6-14-9-12/h5-6,9-11,13H,4,7-8H2,1-3H3. The first-order valence-corrected chi connectivity index (χ1v) is 6.41. The van der Waals surface area contributed by atoms with E-state index >= 15 is 0 Å². The molecular formula is C12H21NS. The van der Waals surface area contributed by atoms with Gasteiger partial charge in [-0.15, -0.1) is 0 Å². The van der Waals surface area contributed by atoms with Gasteiger partial charge in [0.25, 0.3) is 0 Å². The monoisotopic (exact) mass is 211 g/mol. The Bertz CT molecular complexity index is 230. The summed E-state index contributed by atoms with van der Waals surface area (Å²) < 4.78 is 0. The smallest absolute Gasteiger partial charge is 0.00178 e. The molecule has 0 bridgehead atoms. The van der Waals surface area contributed by atoms with Crippen LogP contribution in [0.5, 0.6) is 0 Å². The lowest BCUT2D eigenvalue weighted by atomic mass is 10.0. The Hall–Kier alpha value is -0.340. The van der Waals surface area contributed by atoms with Crippen LogP contribution in [0.2, 0.25) is 0 Å². The van der Waals surface area contributed by atoms with E-state index in [1.54, 1.807) is 11.3 Å². The average molecular weight is 211 g/mol. The number of thiophene rings is 1. The molecule has 1 heterocycles. The van der Waals surface area contributed by atoms with E-state index in [0.717, 1.165) is 19.0 Å². The zero-order valence-corrected chi connectivity index (χ0v) is 10.2. The Balaban J connectivity index is 2.19. The first-order chi connectivity index (χ1) is 6.74. The maximum absolute atomic E-state index is 3.53. The summed E-state index contributed by atoms with van der Waals surface area (Å²) in [5, 5.41) is 7.93. The van der Waals surface area contributed by atoms with Crippen LogP contribution in [-0.4, -0.2) is 13.1 Å². The van der Waals surface area contributed by atoms with Gasteiger partial charge in [0.05, 0.1) is 0 Å². The minimum absolute atomic E-state index is 0.644. The van der Waals surface area contributed by atoms with Gasteiger partial charge in [-0.05, 0) is 40.8 Å². The van der Waals surface area contributed by atoms with Crippen LogP contribution < -0.4 is 5.32 Å². The summed E-state index contributed by atoms with van der Waals surface area (Å²) in [5.41, 5.74) is 1.46. The van der Waals surface area contributed by atoms with Gasteiger partial charge in [-0.2, -0.15) is 11.3 Å². The van der Waals surface area contributed by atoms with Crippen molar-refractivity contribution in [3.63, 3.8) is 0 Å². The van der Waals surface area contributed by atoms with Crippen LogP contribution in [0.1, 0.15) is 38.7 Å². The van der Waals surface area contributed by atoms with Crippen LogP contribution in [0.25, 0.3) is 0 Å². The lowest BCUT2D eigenvalue weighted by molar-refractivity contribution is 0.487. The molecule has 0 aliphatic carbocycles. The van der Waals surface area contributed by atoms with Crippen LogP contribution in [0.3, 0.4) is 0 Å². The maximum atomic E-state index is 3.53. The minimum Gasteiger partial charge on any atom is -0.316 e. The SMILES string of the molecule is CCC(C)CNCC(C)c1ccsc1. The molecule has 80 valence electrons. The Morgan fingerprint density at radius 1 is 1.36 bits per heavy atom. The molecule has 1 aromatic heterocycles. The summed E-state index contributed by atoms with van der Waals surface area (Å²) >= 11 is 1.78. The number of hydrogen-bond donors (Lipinski definition) is 1. The molecule has 0 saturated heterocycles. The predicted molar refractivity (Wildman–Crippen MR) is 65.1 cm³/mol. The topological polar surface area (TPSA) is 12.0 Å². The quantitative estimate of drug-likeness (QED) is 0.759. The Morgan fingerprint density at radius 3 is 2.71 bits per heavy atom. The van der Waals surface area contributed by atoms with Gasteiger partial charge in [0.2, 0.25) is 0 Å². The molecule has 2 atom stereocenters. The van der Waals surface area contributed by atoms with E-state index in [-0.39, 0.29) is 0 Å². The first kappa shape index (κ1) is 11.7. The second-order valence-electron chi connectivity index (χ2n) is 4.13. The van der Waals surface area contributed by atoms with Gasteiger partial charge in [-0.25, -0.2) is 0 Å². The van der Waals surface area contributed by atoms with Crippen molar-refractivity contribution in [3.8, 4) is 0 Å². The van der Waals surface area contributed by atoms with Gasteiger partial charge < -0.3 is 5.32 Å². The van der Waals surface area contributed by atoms with E-state index in [1.165, 1.54) is 12.0 Å². The fraction of sp³-hybridized carbons (Fsp3) is 0.667. The van der Waals surface area contributed by atoms with Gasteiger partial charge >= 0.3 is 0 Å². The third kappa shape index (κ3) is 3.81. The molecule has 0 aliphatic heterocycles. The molecule has 2 unspecified atom stereocenters. The molecule has 0 radical (unpaired) electrons. The van der Waals surface area contributed by atoms with E-state index in [0.29, 0.717) is 5.92 Å². The summed E-state index contributed by atoms with van der Waals surface area (Å²) in [6.45, 7) is 9.06. The third-order valence-corrected chi connectivity index (χ3v) is 3.45. The average Bonchev–Trinajstić information content (AvgIpc) is 2.70. The Kier molecular flexibility index (Phi) is 5.20. The van der Waals surface area contributed by atoms with Crippen molar-refractivity contribution in [2.24, 2.45) is 5.92 Å². The van der Waals surface area contributed by atoms with Gasteiger partial charge in [-0.1, -0.05) is 27.2 Å². The summed E-state index contributed by atoms with van der Waals surface area (Å²) in [6.07, 6.45) is 1.26. The normalized spacial score (nSPS) is 15.4. The zero-order chi connectivity index (χ0) is 10.4. The molecule has 0 fully saturated rings. The first-order valence-electron chi connectivity index (χ1n) is 5.46. The molecule has 0 aromatic carbocycles. The fourth-order valence-electron chi connectivity index (χ4n) is 1.36. The molecule has 14 heavy (non-hydrogen) atoms. The molecule has 1 aromatic rings. The highest BCUT2D eigenvalue weighted by molar-refractivity contribution is 7.07. The van der Waals surface area contributed by atoms with Gasteiger partial charge in [0.15, 0.2) is 0 Å². The maximum Gasteiger partial charge on any atom is 0.00178 e. The Morgan fingerprint density at radius 2 is 2.14 bits per heavy atom. The fourth-order valence-corrected chi connectivity index (χ4v) is 2.15. The molecule has 0 saturated carbocycles.